The highest BCUT2D eigenvalue weighted by Gasteiger charge is 2.38. The van der Waals surface area contributed by atoms with Gasteiger partial charge in [-0.3, -0.25) is 14.4 Å². The molecular weight excluding hydrogens is 539 g/mol. The molecule has 0 fully saturated rings. The van der Waals surface area contributed by atoms with E-state index in [1.165, 1.54) is 6.07 Å². The van der Waals surface area contributed by atoms with Gasteiger partial charge in [-0.1, -0.05) is 19.1 Å². The number of aromatic nitrogens is 2. The Balaban J connectivity index is 1.39. The number of carbonyl (C=O) groups is 2. The second kappa shape index (κ2) is 9.49. The summed E-state index contributed by atoms with van der Waals surface area (Å²) in [6.07, 6.45) is 0.0544. The molecule has 214 valence electrons. The molecule has 0 bridgehead atoms. The van der Waals surface area contributed by atoms with Crippen LogP contribution in [-0.2, 0) is 33.9 Å². The number of nitrogens with two attached hydrogens (primary N) is 1. The Labute approximate surface area is 240 Å². The van der Waals surface area contributed by atoms with Gasteiger partial charge in [-0.05, 0) is 72.2 Å². The number of fused-ring (bicyclic) bond motifs is 5. The molecule has 2 aliphatic heterocycles. The minimum atomic E-state index is -1.41. The quantitative estimate of drug-likeness (QED) is 0.221. The molecule has 7 rings (SSSR count). The van der Waals surface area contributed by atoms with Crippen LogP contribution < -0.4 is 16.6 Å². The average molecular weight is 569 g/mol. The lowest BCUT2D eigenvalue weighted by Crippen LogP contribution is -2.35. The minimum absolute atomic E-state index is 0.0847. The standard InChI is InChI=1S/C32H29FN4O5/c1-3-17-19-10-25-28-20(12-37(25)31(40)21(19)13-42-32(17)41)27-23(36-30(39)29(38)15-4-6-16(34)7-5-15)9-8-18-14(2)22(33)11-24(35-28)26(18)27/h4-7,10-11,17,23,29,38H,3,8-9,12-13,34H2,1-2H3,(H,36,39)/t17?,23-,29?/m0/s1. The monoisotopic (exact) mass is 568 g/mol. The van der Waals surface area contributed by atoms with Crippen LogP contribution in [0.3, 0.4) is 0 Å². The number of aliphatic hydroxyl groups is 1. The minimum Gasteiger partial charge on any atom is -0.460 e. The fourth-order valence-corrected chi connectivity index (χ4v) is 6.80. The fraction of sp³-hybridized carbons (Fsp3) is 0.312. The number of ether oxygens (including phenoxy) is 1. The van der Waals surface area contributed by atoms with Crippen LogP contribution in [0.25, 0.3) is 22.3 Å². The van der Waals surface area contributed by atoms with E-state index in [9.17, 15) is 19.5 Å². The van der Waals surface area contributed by atoms with Gasteiger partial charge >= 0.3 is 5.97 Å². The van der Waals surface area contributed by atoms with E-state index in [-0.39, 0.29) is 30.5 Å². The van der Waals surface area contributed by atoms with E-state index in [0.717, 1.165) is 22.1 Å². The normalized spacial score (nSPS) is 19.1. The maximum Gasteiger partial charge on any atom is 0.313 e. The number of aliphatic hydroxyl groups excluding tert-OH is 1. The molecule has 1 amide bonds. The fourth-order valence-electron chi connectivity index (χ4n) is 6.80. The lowest BCUT2D eigenvalue weighted by molar-refractivity contribution is -0.148. The molecule has 4 aromatic rings. The molecule has 2 aromatic heterocycles. The van der Waals surface area contributed by atoms with Crippen LogP contribution >= 0.6 is 0 Å². The van der Waals surface area contributed by atoms with Gasteiger partial charge in [0.05, 0.1) is 41.0 Å². The van der Waals surface area contributed by atoms with Crippen LogP contribution in [0.2, 0.25) is 0 Å². The number of amides is 1. The Hall–Kier alpha value is -4.57. The van der Waals surface area contributed by atoms with Crippen molar-refractivity contribution in [3.63, 3.8) is 0 Å². The van der Waals surface area contributed by atoms with Crippen molar-refractivity contribution in [1.29, 1.82) is 0 Å². The number of cyclic esters (lactones) is 1. The van der Waals surface area contributed by atoms with Crippen molar-refractivity contribution >= 4 is 28.5 Å². The zero-order valence-electron chi connectivity index (χ0n) is 23.2. The number of esters is 1. The van der Waals surface area contributed by atoms with Gasteiger partial charge in [0, 0.05) is 22.7 Å². The van der Waals surface area contributed by atoms with Crippen molar-refractivity contribution in [3.05, 3.63) is 91.5 Å². The molecule has 10 heteroatoms. The van der Waals surface area contributed by atoms with E-state index in [0.29, 0.717) is 64.1 Å². The van der Waals surface area contributed by atoms with Crippen molar-refractivity contribution in [1.82, 2.24) is 14.9 Å². The van der Waals surface area contributed by atoms with Gasteiger partial charge in [0.1, 0.15) is 12.4 Å². The first-order valence-electron chi connectivity index (χ1n) is 14.1. The number of benzene rings is 2. The molecule has 9 nitrogen and oxygen atoms in total. The van der Waals surface area contributed by atoms with E-state index < -0.39 is 24.0 Å². The van der Waals surface area contributed by atoms with Crippen molar-refractivity contribution in [3.8, 4) is 11.4 Å². The lowest BCUT2D eigenvalue weighted by Gasteiger charge is -2.30. The van der Waals surface area contributed by atoms with Gasteiger partial charge in [0.15, 0.2) is 6.10 Å². The Morgan fingerprint density at radius 2 is 1.98 bits per heavy atom. The molecule has 4 N–H and O–H groups in total. The molecule has 3 atom stereocenters. The van der Waals surface area contributed by atoms with E-state index in [1.807, 2.05) is 13.0 Å². The number of hydrogen-bond donors (Lipinski definition) is 3. The molecule has 0 saturated heterocycles. The summed E-state index contributed by atoms with van der Waals surface area (Å²) in [4.78, 5) is 44.4. The molecule has 1 aliphatic carbocycles. The highest BCUT2D eigenvalue weighted by molar-refractivity contribution is 5.94. The van der Waals surface area contributed by atoms with Crippen LogP contribution in [0.5, 0.6) is 0 Å². The molecule has 0 spiro atoms. The second-order valence-corrected chi connectivity index (χ2v) is 11.3. The van der Waals surface area contributed by atoms with Crippen molar-refractivity contribution < 1.29 is 23.8 Å². The van der Waals surface area contributed by atoms with Crippen molar-refractivity contribution in [2.24, 2.45) is 0 Å². The van der Waals surface area contributed by atoms with Crippen molar-refractivity contribution in [2.75, 3.05) is 5.73 Å². The molecule has 2 aromatic carbocycles. The smallest absolute Gasteiger partial charge is 0.313 e. The van der Waals surface area contributed by atoms with E-state index in [1.54, 1.807) is 35.8 Å². The SMILES string of the molecule is CCC1C(=O)OCc2c1cc1n(c2=O)Cc2c-1nc1cc(F)c(C)c3c1c2[C@@H](NC(=O)C(O)c1ccc(N)cc1)CC3. The Morgan fingerprint density at radius 3 is 2.71 bits per heavy atom. The van der Waals surface area contributed by atoms with Crippen LogP contribution in [0.4, 0.5) is 10.1 Å². The highest BCUT2D eigenvalue weighted by Crippen LogP contribution is 2.45. The zero-order valence-corrected chi connectivity index (χ0v) is 23.2. The summed E-state index contributed by atoms with van der Waals surface area (Å²) in [5.74, 6) is -1.86. The maximum absolute atomic E-state index is 15.1. The highest BCUT2D eigenvalue weighted by atomic mass is 19.1. The summed E-state index contributed by atoms with van der Waals surface area (Å²) in [7, 11) is 0. The third-order valence-electron chi connectivity index (χ3n) is 9.01. The number of pyridine rings is 2. The number of carbonyl (C=O) groups excluding carboxylic acids is 2. The van der Waals surface area contributed by atoms with Crippen LogP contribution in [0, 0.1) is 12.7 Å². The zero-order chi connectivity index (χ0) is 29.4. The van der Waals surface area contributed by atoms with Gasteiger partial charge in [-0.15, -0.1) is 0 Å². The first-order chi connectivity index (χ1) is 20.2. The summed E-state index contributed by atoms with van der Waals surface area (Å²) in [5, 5.41) is 14.6. The van der Waals surface area contributed by atoms with E-state index in [4.69, 9.17) is 15.5 Å². The van der Waals surface area contributed by atoms with E-state index in [2.05, 4.69) is 5.32 Å². The summed E-state index contributed by atoms with van der Waals surface area (Å²) in [5.41, 5.74) is 12.0. The molecule has 42 heavy (non-hydrogen) atoms. The van der Waals surface area contributed by atoms with Crippen LogP contribution in [0.1, 0.15) is 76.8 Å². The topological polar surface area (TPSA) is 137 Å². The number of nitrogens with one attached hydrogen (secondary N) is 1. The molecule has 0 radical (unpaired) electrons. The number of rotatable bonds is 4. The Bertz CT molecular complexity index is 1900. The number of nitrogens with zero attached hydrogens (tertiary/aromatic N) is 2. The predicted molar refractivity (Wildman–Crippen MR) is 153 cm³/mol. The second-order valence-electron chi connectivity index (χ2n) is 11.3. The molecule has 0 saturated carbocycles. The number of aryl methyl sites for hydroxylation is 1. The number of anilines is 1. The third-order valence-corrected chi connectivity index (χ3v) is 9.01. The lowest BCUT2D eigenvalue weighted by atomic mass is 9.81. The molecule has 3 aliphatic rings. The summed E-state index contributed by atoms with van der Waals surface area (Å²) < 4.78 is 22.0. The summed E-state index contributed by atoms with van der Waals surface area (Å²) in [6.45, 7) is 3.73. The maximum atomic E-state index is 15.1. The van der Waals surface area contributed by atoms with Gasteiger partial charge < -0.3 is 25.5 Å². The summed E-state index contributed by atoms with van der Waals surface area (Å²) >= 11 is 0. The third kappa shape index (κ3) is 3.78. The Morgan fingerprint density at radius 1 is 1.21 bits per heavy atom. The Kier molecular flexibility index (Phi) is 5.95. The van der Waals surface area contributed by atoms with Gasteiger partial charge in [-0.2, -0.15) is 0 Å². The predicted octanol–water partition coefficient (Wildman–Crippen LogP) is 3.84. The first kappa shape index (κ1) is 26.3. The molecule has 4 heterocycles. The van der Waals surface area contributed by atoms with Gasteiger partial charge in [-0.25, -0.2) is 9.37 Å². The van der Waals surface area contributed by atoms with Gasteiger partial charge in [0.25, 0.3) is 11.5 Å². The molecular formula is C32H29FN4O5. The number of hydrogen-bond acceptors (Lipinski definition) is 7. The molecule has 2 unspecified atom stereocenters. The number of nitrogen functional groups attached to an aromatic ring is 1. The largest absolute Gasteiger partial charge is 0.460 e. The van der Waals surface area contributed by atoms with E-state index >= 15 is 4.39 Å². The van der Waals surface area contributed by atoms with Crippen LogP contribution in [-0.4, -0.2) is 26.5 Å². The first-order valence-corrected chi connectivity index (χ1v) is 14.1. The average Bonchev–Trinajstić information content (AvgIpc) is 3.35. The van der Waals surface area contributed by atoms with Crippen molar-refractivity contribution in [2.45, 2.75) is 64.3 Å². The number of halogens is 1. The summed E-state index contributed by atoms with van der Waals surface area (Å²) in [6, 6.07) is 9.18. The van der Waals surface area contributed by atoms with Crippen LogP contribution in [0.15, 0.2) is 41.2 Å². The van der Waals surface area contributed by atoms with Gasteiger partial charge in [0.2, 0.25) is 0 Å².